The van der Waals surface area contributed by atoms with Gasteiger partial charge in [0.2, 0.25) is 0 Å². The number of hydrogen-bond acceptors (Lipinski definition) is 8. The van der Waals surface area contributed by atoms with Crippen LogP contribution in [0.2, 0.25) is 0 Å². The fourth-order valence-electron chi connectivity index (χ4n) is 5.82. The molecule has 0 bridgehead atoms. The molecule has 5 rings (SSSR count). The Morgan fingerprint density at radius 1 is 0.882 bits per heavy atom. The zero-order valence-corrected chi connectivity index (χ0v) is 20.4. The Morgan fingerprint density at radius 2 is 1.41 bits per heavy atom. The van der Waals surface area contributed by atoms with E-state index in [0.29, 0.717) is 32.5 Å². The third kappa shape index (κ3) is 6.17. The third-order valence-corrected chi connectivity index (χ3v) is 7.88. The molecule has 5 atom stereocenters. The van der Waals surface area contributed by atoms with E-state index in [0.717, 1.165) is 38.5 Å². The quantitative estimate of drug-likeness (QED) is 0.509. The smallest absolute Gasteiger partial charge is 0.168 e. The van der Waals surface area contributed by atoms with E-state index in [9.17, 15) is 5.11 Å². The number of benzene rings is 1. The molecular weight excluding hydrogens is 436 g/mol. The van der Waals surface area contributed by atoms with Crippen LogP contribution in [-0.2, 0) is 18.9 Å². The highest BCUT2D eigenvalue weighted by atomic mass is 16.7. The Morgan fingerprint density at radius 3 is 1.97 bits per heavy atom. The van der Waals surface area contributed by atoms with Gasteiger partial charge in [0.05, 0.1) is 26.4 Å². The highest BCUT2D eigenvalue weighted by Crippen LogP contribution is 2.40. The van der Waals surface area contributed by atoms with Gasteiger partial charge in [-0.3, -0.25) is 0 Å². The molecule has 2 heterocycles. The third-order valence-electron chi connectivity index (χ3n) is 7.88. The summed E-state index contributed by atoms with van der Waals surface area (Å²) in [6.45, 7) is 5.19. The minimum absolute atomic E-state index is 0.100. The summed E-state index contributed by atoms with van der Waals surface area (Å²) in [5, 5.41) is 22.5. The number of aliphatic hydroxyl groups excluding tert-OH is 2. The summed E-state index contributed by atoms with van der Waals surface area (Å²) in [7, 11) is 0. The Kier molecular flexibility index (Phi) is 8.98. The van der Waals surface area contributed by atoms with Gasteiger partial charge in [0.1, 0.15) is 0 Å². The van der Waals surface area contributed by atoms with Crippen LogP contribution in [0.5, 0.6) is 0 Å². The van der Waals surface area contributed by atoms with Crippen molar-refractivity contribution in [2.24, 2.45) is 17.6 Å². The van der Waals surface area contributed by atoms with Gasteiger partial charge in [-0.1, -0.05) is 30.3 Å². The number of ether oxygens (including phenoxy) is 4. The monoisotopic (exact) mass is 478 g/mol. The van der Waals surface area contributed by atoms with Gasteiger partial charge < -0.3 is 40.2 Å². The zero-order valence-electron chi connectivity index (χ0n) is 20.4. The maximum atomic E-state index is 9.74. The highest BCUT2D eigenvalue weighted by Gasteiger charge is 2.45. The van der Waals surface area contributed by atoms with Crippen LogP contribution in [0.4, 0.5) is 0 Å². The molecule has 4 aliphatic rings. The second-order valence-electron chi connectivity index (χ2n) is 10.2. The molecule has 5 N–H and O–H groups in total. The Balaban J connectivity index is 0.000000180. The molecule has 1 aromatic rings. The summed E-state index contributed by atoms with van der Waals surface area (Å²) in [6, 6.07) is 11.1. The maximum absolute atomic E-state index is 9.74. The van der Waals surface area contributed by atoms with E-state index in [-0.39, 0.29) is 37.1 Å². The van der Waals surface area contributed by atoms with Crippen molar-refractivity contribution >= 4 is 0 Å². The lowest BCUT2D eigenvalue weighted by atomic mass is 9.80. The van der Waals surface area contributed by atoms with Gasteiger partial charge in [-0.15, -0.1) is 0 Å². The van der Waals surface area contributed by atoms with Crippen LogP contribution in [-0.4, -0.2) is 73.5 Å². The summed E-state index contributed by atoms with van der Waals surface area (Å²) < 4.78 is 22.7. The molecule has 2 spiro atoms. The van der Waals surface area contributed by atoms with Crippen molar-refractivity contribution in [2.45, 2.75) is 75.1 Å². The summed E-state index contributed by atoms with van der Waals surface area (Å²) in [6.07, 6.45) is 5.15. The molecule has 192 valence electrons. The standard InChI is InChI=1S/C17H25NO3.C9H17NO3/c1-13(14-5-3-2-4-6-14)18-16-7-8-17(11-15(16)12-19)20-9-10-21-17;10-8-1-2-9(5-7(8)6-11)12-3-4-13-9/h2-6,13,15-16,18-19H,7-12H2,1H3;7-8,11H,1-6,10H2/t13-,15+,16-;7-,8+/m10/s1. The lowest BCUT2D eigenvalue weighted by Crippen LogP contribution is -2.49. The fraction of sp³-hybridized carbons (Fsp3) is 0.769. The van der Waals surface area contributed by atoms with Crippen molar-refractivity contribution in [1.82, 2.24) is 5.32 Å². The molecule has 34 heavy (non-hydrogen) atoms. The van der Waals surface area contributed by atoms with E-state index >= 15 is 0 Å². The molecule has 8 heteroatoms. The van der Waals surface area contributed by atoms with E-state index in [4.69, 9.17) is 29.8 Å². The average Bonchev–Trinajstić information content (AvgIpc) is 3.53. The van der Waals surface area contributed by atoms with E-state index in [2.05, 4.69) is 36.5 Å². The largest absolute Gasteiger partial charge is 0.396 e. The summed E-state index contributed by atoms with van der Waals surface area (Å²) in [5.74, 6) is -0.528. The second kappa shape index (κ2) is 11.8. The van der Waals surface area contributed by atoms with Crippen LogP contribution in [0.15, 0.2) is 30.3 Å². The fourth-order valence-corrected chi connectivity index (χ4v) is 5.82. The van der Waals surface area contributed by atoms with Gasteiger partial charge in [-0.05, 0) is 25.3 Å². The van der Waals surface area contributed by atoms with Crippen molar-refractivity contribution in [3.05, 3.63) is 35.9 Å². The number of nitrogens with two attached hydrogens (primary N) is 1. The first-order chi connectivity index (χ1) is 16.5. The average molecular weight is 479 g/mol. The number of rotatable bonds is 5. The first-order valence-electron chi connectivity index (χ1n) is 12.8. The molecule has 0 aromatic heterocycles. The predicted molar refractivity (Wildman–Crippen MR) is 128 cm³/mol. The van der Waals surface area contributed by atoms with E-state index in [1.165, 1.54) is 5.56 Å². The summed E-state index contributed by atoms with van der Waals surface area (Å²) in [4.78, 5) is 0. The van der Waals surface area contributed by atoms with E-state index < -0.39 is 11.6 Å². The molecule has 0 amide bonds. The highest BCUT2D eigenvalue weighted by molar-refractivity contribution is 5.18. The molecule has 2 saturated carbocycles. The molecule has 4 fully saturated rings. The van der Waals surface area contributed by atoms with Gasteiger partial charge in [-0.25, -0.2) is 0 Å². The Labute approximate surface area is 203 Å². The number of nitrogens with one attached hydrogen (secondary N) is 1. The molecule has 0 radical (unpaired) electrons. The van der Waals surface area contributed by atoms with Crippen molar-refractivity contribution in [2.75, 3.05) is 39.6 Å². The van der Waals surface area contributed by atoms with E-state index in [1.807, 2.05) is 6.07 Å². The number of aliphatic hydroxyl groups is 2. The van der Waals surface area contributed by atoms with Crippen molar-refractivity contribution in [1.29, 1.82) is 0 Å². The van der Waals surface area contributed by atoms with Crippen LogP contribution in [0.3, 0.4) is 0 Å². The molecular formula is C26H42N2O6. The Bertz CT molecular complexity index is 738. The minimum Gasteiger partial charge on any atom is -0.396 e. The van der Waals surface area contributed by atoms with Gasteiger partial charge >= 0.3 is 0 Å². The Hall–Kier alpha value is -1.10. The van der Waals surface area contributed by atoms with Crippen LogP contribution in [0.25, 0.3) is 0 Å². The SMILES string of the molecule is C[C@@H](N[C@@H]1CCC2(C[C@H]1CO)OCCO2)c1ccccc1.N[C@@H]1CCC2(C[C@H]1CO)OCCO2. The number of hydrogen-bond donors (Lipinski definition) is 4. The summed E-state index contributed by atoms with van der Waals surface area (Å²) >= 11 is 0. The molecule has 2 aliphatic carbocycles. The van der Waals surface area contributed by atoms with Crippen molar-refractivity contribution < 1.29 is 29.2 Å². The molecule has 2 aliphatic heterocycles. The van der Waals surface area contributed by atoms with Gasteiger partial charge in [0.25, 0.3) is 0 Å². The van der Waals surface area contributed by atoms with Crippen LogP contribution >= 0.6 is 0 Å². The minimum atomic E-state index is -0.429. The summed E-state index contributed by atoms with van der Waals surface area (Å²) in [5.41, 5.74) is 7.15. The lowest BCUT2D eigenvalue weighted by Gasteiger charge is -2.41. The van der Waals surface area contributed by atoms with Gasteiger partial charge in [0.15, 0.2) is 11.6 Å². The van der Waals surface area contributed by atoms with E-state index in [1.54, 1.807) is 0 Å². The predicted octanol–water partition coefficient (Wildman–Crippen LogP) is 2.09. The van der Waals surface area contributed by atoms with Crippen LogP contribution in [0.1, 0.15) is 57.1 Å². The normalized spacial score (nSPS) is 32.9. The molecule has 2 saturated heterocycles. The molecule has 1 aromatic carbocycles. The maximum Gasteiger partial charge on any atom is 0.168 e. The van der Waals surface area contributed by atoms with Crippen LogP contribution < -0.4 is 11.1 Å². The van der Waals surface area contributed by atoms with Crippen LogP contribution in [0, 0.1) is 11.8 Å². The first kappa shape index (κ1) is 26.0. The van der Waals surface area contributed by atoms with Gasteiger partial charge in [-0.2, -0.15) is 0 Å². The second-order valence-corrected chi connectivity index (χ2v) is 10.2. The first-order valence-corrected chi connectivity index (χ1v) is 12.8. The topological polar surface area (TPSA) is 115 Å². The van der Waals surface area contributed by atoms with Crippen molar-refractivity contribution in [3.8, 4) is 0 Å². The lowest BCUT2D eigenvalue weighted by molar-refractivity contribution is -0.194. The van der Waals surface area contributed by atoms with Gasteiger partial charge in [0, 0.05) is 68.9 Å². The van der Waals surface area contributed by atoms with Crippen molar-refractivity contribution in [3.63, 3.8) is 0 Å². The molecule has 8 nitrogen and oxygen atoms in total. The molecule has 0 unspecified atom stereocenters. The zero-order chi connectivity index (χ0) is 24.0.